The zero-order valence-electron chi connectivity index (χ0n) is 50.3. The maximum atomic E-state index is 12.7. The minimum Gasteiger partial charge on any atom is -0.462 e. The van der Waals surface area contributed by atoms with Gasteiger partial charge in [-0.05, 0) is 109 Å². The summed E-state index contributed by atoms with van der Waals surface area (Å²) >= 11 is 0. The van der Waals surface area contributed by atoms with E-state index < -0.39 is 26.5 Å². The molecule has 0 heterocycles. The van der Waals surface area contributed by atoms with Crippen molar-refractivity contribution in [3.8, 4) is 0 Å². The third-order valence-electron chi connectivity index (χ3n) is 13.0. The first kappa shape index (κ1) is 75.2. The Hall–Kier alpha value is -3.85. The Morgan fingerprint density at radius 2 is 0.658 bits per heavy atom. The van der Waals surface area contributed by atoms with E-state index in [1.54, 1.807) is 0 Å². The van der Waals surface area contributed by atoms with Gasteiger partial charge < -0.3 is 20.1 Å². The molecule has 450 valence electrons. The fraction of sp³-hybridized carbons (Fsp3) is 0.652. The summed E-state index contributed by atoms with van der Waals surface area (Å²) in [5.41, 5.74) is 5.39. The fourth-order valence-electron chi connectivity index (χ4n) is 8.43. The van der Waals surface area contributed by atoms with Crippen LogP contribution in [-0.2, 0) is 32.7 Å². The number of hydrogen-bond acceptors (Lipinski definition) is 8. The number of rotatable bonds is 58. The van der Waals surface area contributed by atoms with Crippen molar-refractivity contribution in [2.45, 2.75) is 264 Å². The van der Waals surface area contributed by atoms with Crippen molar-refractivity contribution < 1.29 is 37.6 Å². The highest BCUT2D eigenvalue weighted by Crippen LogP contribution is 2.43. The minimum absolute atomic E-state index is 0.0449. The monoisotopic (exact) mass is 1120 g/mol. The molecular formula is C69H116NO8P. The molecule has 10 heteroatoms. The van der Waals surface area contributed by atoms with Crippen LogP contribution in [0.1, 0.15) is 258 Å². The van der Waals surface area contributed by atoms with E-state index in [9.17, 15) is 19.0 Å². The lowest BCUT2D eigenvalue weighted by Crippen LogP contribution is -2.29. The molecule has 0 fully saturated rings. The van der Waals surface area contributed by atoms with Gasteiger partial charge in [0.25, 0.3) is 0 Å². The highest BCUT2D eigenvalue weighted by atomic mass is 31.2. The van der Waals surface area contributed by atoms with E-state index in [1.807, 2.05) is 0 Å². The van der Waals surface area contributed by atoms with Gasteiger partial charge >= 0.3 is 19.8 Å². The molecule has 3 N–H and O–H groups in total. The van der Waals surface area contributed by atoms with Crippen LogP contribution in [0.25, 0.3) is 0 Å². The van der Waals surface area contributed by atoms with Crippen LogP contribution in [0.2, 0.25) is 0 Å². The largest absolute Gasteiger partial charge is 0.472 e. The smallest absolute Gasteiger partial charge is 0.462 e. The van der Waals surface area contributed by atoms with Crippen LogP contribution in [-0.4, -0.2) is 49.3 Å². The highest BCUT2D eigenvalue weighted by molar-refractivity contribution is 7.47. The van der Waals surface area contributed by atoms with Gasteiger partial charge in [-0.15, -0.1) is 0 Å². The van der Waals surface area contributed by atoms with Crippen molar-refractivity contribution in [2.75, 3.05) is 26.4 Å². The summed E-state index contributed by atoms with van der Waals surface area (Å²) in [5, 5.41) is 0. The first-order chi connectivity index (χ1) is 38.8. The Kier molecular flexibility index (Phi) is 60.2. The lowest BCUT2D eigenvalue weighted by Gasteiger charge is -2.19. The van der Waals surface area contributed by atoms with Crippen LogP contribution in [0.4, 0.5) is 0 Å². The van der Waals surface area contributed by atoms with E-state index in [1.165, 1.54) is 96.3 Å². The normalized spacial score (nSPS) is 13.9. The van der Waals surface area contributed by atoms with Crippen LogP contribution in [0.3, 0.4) is 0 Å². The second kappa shape index (κ2) is 63.3. The molecule has 0 spiro atoms. The molecular weight excluding hydrogens is 1000 g/mol. The number of ether oxygens (including phenoxy) is 2. The van der Waals surface area contributed by atoms with E-state index in [0.717, 1.165) is 128 Å². The summed E-state index contributed by atoms with van der Waals surface area (Å²) in [5.74, 6) is -0.847. The molecule has 79 heavy (non-hydrogen) atoms. The van der Waals surface area contributed by atoms with E-state index in [0.29, 0.717) is 6.42 Å². The number of nitrogens with two attached hydrogens (primary N) is 1. The first-order valence-electron chi connectivity index (χ1n) is 31.7. The van der Waals surface area contributed by atoms with Gasteiger partial charge in [0.15, 0.2) is 6.10 Å². The molecule has 2 atom stereocenters. The standard InChI is InChI=1S/C69H116NO8P/c1-3-5-7-9-11-13-15-17-19-21-23-25-27-29-30-31-32-33-34-35-36-38-39-41-43-45-47-49-51-53-55-57-59-61-68(71)75-65-67(66-77-79(73,74)76-64-63-70)78-69(72)62-60-58-56-54-52-50-48-46-44-42-40-37-28-26-24-22-20-18-16-14-12-10-8-6-4-2/h5-8,11-14,17-20,23-26,29-30,37,40,44,46,67H,3-4,9-10,15-16,21-22,27-28,31-36,38-39,41-43,45,47-66,70H2,1-2H3,(H,73,74)/b7-5-,8-6-,13-11-,14-12-,19-17-,20-18-,25-23-,26-24-,30-29-,40-37-,46-44-. The van der Waals surface area contributed by atoms with E-state index in [-0.39, 0.29) is 38.6 Å². The second-order valence-corrected chi connectivity index (χ2v) is 22.0. The van der Waals surface area contributed by atoms with Crippen LogP contribution >= 0.6 is 7.82 Å². The van der Waals surface area contributed by atoms with E-state index in [2.05, 4.69) is 148 Å². The molecule has 0 saturated heterocycles. The van der Waals surface area contributed by atoms with Gasteiger partial charge in [-0.25, -0.2) is 4.57 Å². The quantitative estimate of drug-likeness (QED) is 0.0264. The van der Waals surface area contributed by atoms with Gasteiger partial charge in [-0.3, -0.25) is 18.6 Å². The summed E-state index contributed by atoms with van der Waals surface area (Å²) in [7, 11) is -4.40. The van der Waals surface area contributed by atoms with Gasteiger partial charge in [-0.2, -0.15) is 0 Å². The molecule has 0 amide bonds. The SMILES string of the molecule is CC/C=C\C/C=C\C/C=C\C/C=C\C/C=C\C/C=C\CCCCCCCCC(=O)OC(COC(=O)CCCCCCCCCCCCCCCCCCC/C=C\C/C=C\C/C=C\C/C=C\C/C=C\CC)COP(=O)(O)OCCN. The number of unbranched alkanes of at least 4 members (excludes halogenated alkanes) is 23. The van der Waals surface area contributed by atoms with Gasteiger partial charge in [-0.1, -0.05) is 270 Å². The second-order valence-electron chi connectivity index (χ2n) is 20.5. The lowest BCUT2D eigenvalue weighted by atomic mass is 10.0. The molecule has 0 aromatic rings. The Morgan fingerprint density at radius 1 is 0.380 bits per heavy atom. The van der Waals surface area contributed by atoms with Crippen molar-refractivity contribution in [2.24, 2.45) is 5.73 Å². The minimum atomic E-state index is -4.40. The molecule has 0 saturated carbocycles. The summed E-state index contributed by atoms with van der Waals surface area (Å²) in [6.07, 6.45) is 89.5. The number of phosphoric acid groups is 1. The number of phosphoric ester groups is 1. The van der Waals surface area contributed by atoms with E-state index >= 15 is 0 Å². The Labute approximate surface area is 484 Å². The molecule has 0 aromatic heterocycles. The number of hydrogen-bond donors (Lipinski definition) is 2. The summed E-state index contributed by atoms with van der Waals surface area (Å²) in [6.45, 7) is 3.50. The van der Waals surface area contributed by atoms with Crippen molar-refractivity contribution in [1.82, 2.24) is 0 Å². The molecule has 0 radical (unpaired) electrons. The maximum Gasteiger partial charge on any atom is 0.472 e. The topological polar surface area (TPSA) is 134 Å². The summed E-state index contributed by atoms with van der Waals surface area (Å²) in [4.78, 5) is 35.3. The zero-order chi connectivity index (χ0) is 57.3. The molecule has 0 aliphatic carbocycles. The Morgan fingerprint density at radius 3 is 0.975 bits per heavy atom. The van der Waals surface area contributed by atoms with Crippen molar-refractivity contribution >= 4 is 19.8 Å². The van der Waals surface area contributed by atoms with Gasteiger partial charge in [0.05, 0.1) is 13.2 Å². The molecule has 0 rings (SSSR count). The molecule has 0 aromatic carbocycles. The molecule has 2 unspecified atom stereocenters. The van der Waals surface area contributed by atoms with Gasteiger partial charge in [0.2, 0.25) is 0 Å². The number of allylic oxidation sites excluding steroid dienone is 22. The van der Waals surface area contributed by atoms with Gasteiger partial charge in [0.1, 0.15) is 6.61 Å². The van der Waals surface area contributed by atoms with Gasteiger partial charge in [0, 0.05) is 19.4 Å². The molecule has 0 bridgehead atoms. The maximum absolute atomic E-state index is 12.7. The van der Waals surface area contributed by atoms with Crippen LogP contribution in [0, 0.1) is 0 Å². The Bertz CT molecular complexity index is 1750. The molecule has 0 aliphatic heterocycles. The number of carbonyl (C=O) groups excluding carboxylic acids is 2. The van der Waals surface area contributed by atoms with Crippen molar-refractivity contribution in [3.05, 3.63) is 134 Å². The lowest BCUT2D eigenvalue weighted by molar-refractivity contribution is -0.161. The predicted octanol–water partition coefficient (Wildman–Crippen LogP) is 20.5. The highest BCUT2D eigenvalue weighted by Gasteiger charge is 2.26. The fourth-order valence-corrected chi connectivity index (χ4v) is 9.20. The Balaban J connectivity index is 3.96. The van der Waals surface area contributed by atoms with Crippen LogP contribution < -0.4 is 5.73 Å². The predicted molar refractivity (Wildman–Crippen MR) is 339 cm³/mol. The van der Waals surface area contributed by atoms with Crippen molar-refractivity contribution in [3.63, 3.8) is 0 Å². The van der Waals surface area contributed by atoms with Crippen LogP contribution in [0.5, 0.6) is 0 Å². The van der Waals surface area contributed by atoms with Crippen molar-refractivity contribution in [1.29, 1.82) is 0 Å². The van der Waals surface area contributed by atoms with E-state index in [4.69, 9.17) is 24.3 Å². The number of carbonyl (C=O) groups is 2. The summed E-state index contributed by atoms with van der Waals surface area (Å²) in [6, 6.07) is 0. The number of esters is 2. The van der Waals surface area contributed by atoms with Crippen LogP contribution in [0.15, 0.2) is 134 Å². The summed E-state index contributed by atoms with van der Waals surface area (Å²) < 4.78 is 33.1. The first-order valence-corrected chi connectivity index (χ1v) is 33.2. The zero-order valence-corrected chi connectivity index (χ0v) is 51.2. The average Bonchev–Trinajstić information content (AvgIpc) is 3.44. The molecule has 0 aliphatic rings. The molecule has 9 nitrogen and oxygen atoms in total. The third kappa shape index (κ3) is 63.2. The third-order valence-corrected chi connectivity index (χ3v) is 14.0. The average molecular weight is 1120 g/mol.